The fourth-order valence-electron chi connectivity index (χ4n) is 1.34. The van der Waals surface area contributed by atoms with Gasteiger partial charge in [0.2, 0.25) is 0 Å². The van der Waals surface area contributed by atoms with Crippen LogP contribution in [0.3, 0.4) is 0 Å². The Labute approximate surface area is 84.2 Å². The van der Waals surface area contributed by atoms with Crippen LogP contribution in [0.15, 0.2) is 18.2 Å². The van der Waals surface area contributed by atoms with Crippen LogP contribution in [0, 0.1) is 6.92 Å². The van der Waals surface area contributed by atoms with Gasteiger partial charge in [-0.3, -0.25) is 0 Å². The van der Waals surface area contributed by atoms with Crippen molar-refractivity contribution in [3.8, 4) is 5.75 Å². The predicted octanol–water partition coefficient (Wildman–Crippen LogP) is 2.61. The Bertz CT molecular complexity index is 513. The average molecular weight is 208 g/mol. The summed E-state index contributed by atoms with van der Waals surface area (Å²) in [4.78, 5) is 10.7. The van der Waals surface area contributed by atoms with Gasteiger partial charge in [0.15, 0.2) is 4.88 Å². The minimum absolute atomic E-state index is 0.00519. The molecule has 0 aliphatic heterocycles. The summed E-state index contributed by atoms with van der Waals surface area (Å²) in [7, 11) is 0. The third kappa shape index (κ3) is 1.24. The van der Waals surface area contributed by atoms with E-state index in [1.54, 1.807) is 6.07 Å². The second-order valence-corrected chi connectivity index (χ2v) is 4.14. The molecule has 1 heterocycles. The third-order valence-corrected chi connectivity index (χ3v) is 3.14. The van der Waals surface area contributed by atoms with Gasteiger partial charge in [0.05, 0.1) is 0 Å². The maximum atomic E-state index is 10.7. The topological polar surface area (TPSA) is 57.5 Å². The first-order valence-corrected chi connectivity index (χ1v) is 4.86. The van der Waals surface area contributed by atoms with Crippen LogP contribution in [0.2, 0.25) is 0 Å². The van der Waals surface area contributed by atoms with Crippen LogP contribution in [-0.2, 0) is 0 Å². The second-order valence-electron chi connectivity index (χ2n) is 3.08. The largest absolute Gasteiger partial charge is 0.505 e. The Morgan fingerprint density at radius 1 is 1.43 bits per heavy atom. The molecule has 1 aromatic heterocycles. The van der Waals surface area contributed by atoms with E-state index in [0.717, 1.165) is 21.6 Å². The molecule has 0 atom stereocenters. The van der Waals surface area contributed by atoms with Crippen LogP contribution in [0.5, 0.6) is 5.75 Å². The quantitative estimate of drug-likeness (QED) is 0.757. The summed E-state index contributed by atoms with van der Waals surface area (Å²) in [5, 5.41) is 19.0. The first-order chi connectivity index (χ1) is 6.59. The van der Waals surface area contributed by atoms with Crippen LogP contribution in [0.1, 0.15) is 15.2 Å². The fourth-order valence-corrected chi connectivity index (χ4v) is 2.37. The number of carboxylic acids is 1. The summed E-state index contributed by atoms with van der Waals surface area (Å²) >= 11 is 1.10. The van der Waals surface area contributed by atoms with E-state index in [1.165, 1.54) is 0 Å². The molecule has 0 saturated carbocycles. The number of carbonyl (C=O) groups is 1. The summed E-state index contributed by atoms with van der Waals surface area (Å²) in [6.07, 6.45) is 0. The lowest BCUT2D eigenvalue weighted by Crippen LogP contribution is -1.90. The summed E-state index contributed by atoms with van der Waals surface area (Å²) in [5.74, 6) is -1.21. The van der Waals surface area contributed by atoms with E-state index in [4.69, 9.17) is 5.11 Å². The van der Waals surface area contributed by atoms with Gasteiger partial charge >= 0.3 is 5.97 Å². The number of aromatic hydroxyl groups is 1. The Kier molecular flexibility index (Phi) is 1.93. The summed E-state index contributed by atoms with van der Waals surface area (Å²) in [6, 6.07) is 5.45. The van der Waals surface area contributed by atoms with Gasteiger partial charge < -0.3 is 10.2 Å². The fraction of sp³-hybridized carbons (Fsp3) is 0.100. The molecule has 0 bridgehead atoms. The van der Waals surface area contributed by atoms with Gasteiger partial charge in [-0.2, -0.15) is 0 Å². The Morgan fingerprint density at radius 3 is 2.79 bits per heavy atom. The summed E-state index contributed by atoms with van der Waals surface area (Å²) in [6.45, 7) is 1.93. The van der Waals surface area contributed by atoms with Crippen molar-refractivity contribution in [3.63, 3.8) is 0 Å². The molecule has 4 heteroatoms. The summed E-state index contributed by atoms with van der Waals surface area (Å²) in [5.41, 5.74) is 1.05. The monoisotopic (exact) mass is 208 g/mol. The highest BCUT2D eigenvalue weighted by molar-refractivity contribution is 7.21. The number of hydrogen-bond donors (Lipinski definition) is 2. The first-order valence-electron chi connectivity index (χ1n) is 4.05. The number of fused-ring (bicyclic) bond motifs is 1. The van der Waals surface area contributed by atoms with E-state index >= 15 is 0 Å². The van der Waals surface area contributed by atoms with E-state index in [-0.39, 0.29) is 10.6 Å². The van der Waals surface area contributed by atoms with Gasteiger partial charge in [-0.15, -0.1) is 11.3 Å². The first kappa shape index (κ1) is 9.02. The molecule has 14 heavy (non-hydrogen) atoms. The van der Waals surface area contributed by atoms with Gasteiger partial charge in [0.25, 0.3) is 0 Å². The maximum absolute atomic E-state index is 10.7. The molecule has 2 aromatic rings. The number of hydrogen-bond acceptors (Lipinski definition) is 3. The molecule has 3 nitrogen and oxygen atoms in total. The van der Waals surface area contributed by atoms with Crippen LogP contribution in [0.4, 0.5) is 0 Å². The van der Waals surface area contributed by atoms with Gasteiger partial charge in [0.1, 0.15) is 5.75 Å². The van der Waals surface area contributed by atoms with Crippen molar-refractivity contribution < 1.29 is 15.0 Å². The van der Waals surface area contributed by atoms with Crippen LogP contribution in [-0.4, -0.2) is 16.2 Å². The minimum atomic E-state index is -1.08. The predicted molar refractivity (Wildman–Crippen MR) is 55.2 cm³/mol. The van der Waals surface area contributed by atoms with Crippen molar-refractivity contribution in [2.75, 3.05) is 0 Å². The van der Waals surface area contributed by atoms with Crippen LogP contribution in [0.25, 0.3) is 10.1 Å². The molecular weight excluding hydrogens is 200 g/mol. The molecule has 0 radical (unpaired) electrons. The lowest BCUT2D eigenvalue weighted by Gasteiger charge is -1.92. The van der Waals surface area contributed by atoms with Crippen molar-refractivity contribution >= 4 is 27.4 Å². The van der Waals surface area contributed by atoms with Crippen molar-refractivity contribution in [2.24, 2.45) is 0 Å². The zero-order valence-electron chi connectivity index (χ0n) is 7.44. The molecule has 0 spiro atoms. The number of benzene rings is 1. The summed E-state index contributed by atoms with van der Waals surface area (Å²) < 4.78 is 0.805. The standard InChI is InChI=1S/C10H8O3S/c1-5-2-3-6-7(4-5)14-9(8(6)11)10(12)13/h2-4,11H,1H3,(H,12,13). The lowest BCUT2D eigenvalue weighted by molar-refractivity contribution is 0.0699. The number of thiophene rings is 1. The highest BCUT2D eigenvalue weighted by Crippen LogP contribution is 2.36. The Hall–Kier alpha value is -1.55. The molecule has 0 amide bonds. The van der Waals surface area contributed by atoms with Crippen molar-refractivity contribution in [2.45, 2.75) is 6.92 Å². The lowest BCUT2D eigenvalue weighted by atomic mass is 10.2. The van der Waals surface area contributed by atoms with Crippen molar-refractivity contribution in [1.82, 2.24) is 0 Å². The van der Waals surface area contributed by atoms with E-state index in [1.807, 2.05) is 19.1 Å². The van der Waals surface area contributed by atoms with E-state index in [0.29, 0.717) is 5.39 Å². The molecule has 1 aromatic carbocycles. The third-order valence-electron chi connectivity index (χ3n) is 2.01. The zero-order valence-corrected chi connectivity index (χ0v) is 8.26. The highest BCUT2D eigenvalue weighted by Gasteiger charge is 2.16. The average Bonchev–Trinajstić information content (AvgIpc) is 2.43. The van der Waals surface area contributed by atoms with Crippen molar-refractivity contribution in [3.05, 3.63) is 28.6 Å². The Morgan fingerprint density at radius 2 is 2.14 bits per heavy atom. The number of aromatic carboxylic acids is 1. The molecule has 2 N–H and O–H groups in total. The van der Waals surface area contributed by atoms with Crippen LogP contribution < -0.4 is 0 Å². The molecule has 72 valence electrons. The smallest absolute Gasteiger partial charge is 0.349 e. The molecule has 0 unspecified atom stereocenters. The van der Waals surface area contributed by atoms with E-state index < -0.39 is 5.97 Å². The number of rotatable bonds is 1. The highest BCUT2D eigenvalue weighted by atomic mass is 32.1. The zero-order chi connectivity index (χ0) is 10.3. The van der Waals surface area contributed by atoms with Gasteiger partial charge in [-0.25, -0.2) is 4.79 Å². The molecular formula is C10H8O3S. The molecule has 2 rings (SSSR count). The molecule has 0 aliphatic rings. The molecule has 0 fully saturated rings. The Balaban J connectivity index is 2.79. The van der Waals surface area contributed by atoms with Crippen LogP contribution >= 0.6 is 11.3 Å². The normalized spacial score (nSPS) is 10.6. The van der Waals surface area contributed by atoms with Crippen molar-refractivity contribution in [1.29, 1.82) is 0 Å². The van der Waals surface area contributed by atoms with Gasteiger partial charge in [-0.05, 0) is 24.6 Å². The number of carboxylic acid groups (broad SMARTS) is 1. The molecule has 0 saturated heterocycles. The van der Waals surface area contributed by atoms with E-state index in [2.05, 4.69) is 0 Å². The van der Waals surface area contributed by atoms with Gasteiger partial charge in [0, 0.05) is 10.1 Å². The SMILES string of the molecule is Cc1ccc2c(O)c(C(=O)O)sc2c1. The maximum Gasteiger partial charge on any atom is 0.349 e. The second kappa shape index (κ2) is 2.99. The van der Waals surface area contributed by atoms with E-state index in [9.17, 15) is 9.90 Å². The number of aryl methyl sites for hydroxylation is 1. The molecule has 0 aliphatic carbocycles. The van der Waals surface area contributed by atoms with Gasteiger partial charge in [-0.1, -0.05) is 6.07 Å². The minimum Gasteiger partial charge on any atom is -0.505 e.